The second kappa shape index (κ2) is 2.08. The van der Waals surface area contributed by atoms with Crippen molar-refractivity contribution in [2.75, 3.05) is 6.54 Å². The van der Waals surface area contributed by atoms with Crippen molar-refractivity contribution >= 4 is 12.4 Å². The number of hydrogen-bond donors (Lipinski definition) is 1. The van der Waals surface area contributed by atoms with Crippen molar-refractivity contribution in [3.63, 3.8) is 0 Å². The Labute approximate surface area is 55.6 Å². The first-order valence-electron chi connectivity index (χ1n) is 2.87. The molecule has 0 saturated carbocycles. The SMILES string of the molecule is C1=C[C@H]2C[C@@H]1CN2.Cl. The maximum atomic E-state index is 3.37. The van der Waals surface area contributed by atoms with Crippen LogP contribution in [-0.2, 0) is 0 Å². The monoisotopic (exact) mass is 131 g/mol. The molecule has 1 N–H and O–H groups in total. The smallest absolute Gasteiger partial charge is 0.0256 e. The Morgan fingerprint density at radius 2 is 2.25 bits per heavy atom. The van der Waals surface area contributed by atoms with Gasteiger partial charge < -0.3 is 5.32 Å². The molecule has 8 heavy (non-hydrogen) atoms. The van der Waals surface area contributed by atoms with Gasteiger partial charge in [0.05, 0.1) is 0 Å². The number of halogens is 1. The lowest BCUT2D eigenvalue weighted by Gasteiger charge is -2.00. The Kier molecular flexibility index (Phi) is 1.59. The summed E-state index contributed by atoms with van der Waals surface area (Å²) in [5, 5.41) is 3.37. The fourth-order valence-electron chi connectivity index (χ4n) is 1.38. The molecule has 1 aliphatic carbocycles. The molecule has 0 radical (unpaired) electrons. The summed E-state index contributed by atoms with van der Waals surface area (Å²) in [5.41, 5.74) is 0. The second-order valence-corrected chi connectivity index (χ2v) is 2.40. The molecule has 1 fully saturated rings. The third-order valence-electron chi connectivity index (χ3n) is 1.81. The van der Waals surface area contributed by atoms with E-state index in [0.717, 1.165) is 12.0 Å². The number of rotatable bonds is 0. The predicted molar refractivity (Wildman–Crippen MR) is 36.3 cm³/mol. The molecule has 2 atom stereocenters. The zero-order valence-corrected chi connectivity index (χ0v) is 5.45. The summed E-state index contributed by atoms with van der Waals surface area (Å²) >= 11 is 0. The summed E-state index contributed by atoms with van der Waals surface area (Å²) in [4.78, 5) is 0. The van der Waals surface area contributed by atoms with E-state index in [4.69, 9.17) is 0 Å². The molecule has 2 rings (SSSR count). The van der Waals surface area contributed by atoms with Crippen LogP contribution in [0, 0.1) is 5.92 Å². The van der Waals surface area contributed by atoms with E-state index >= 15 is 0 Å². The van der Waals surface area contributed by atoms with Crippen molar-refractivity contribution < 1.29 is 0 Å². The third kappa shape index (κ3) is 0.762. The lowest BCUT2D eigenvalue weighted by Crippen LogP contribution is -2.20. The van der Waals surface area contributed by atoms with E-state index in [1.807, 2.05) is 0 Å². The highest BCUT2D eigenvalue weighted by Gasteiger charge is 2.24. The molecule has 46 valence electrons. The topological polar surface area (TPSA) is 12.0 Å². The van der Waals surface area contributed by atoms with E-state index in [2.05, 4.69) is 17.5 Å². The molecule has 0 unspecified atom stereocenters. The van der Waals surface area contributed by atoms with Crippen LogP contribution in [0.4, 0.5) is 0 Å². The molecule has 2 aliphatic rings. The number of hydrogen-bond acceptors (Lipinski definition) is 1. The molecule has 2 bridgehead atoms. The summed E-state index contributed by atoms with van der Waals surface area (Å²) in [7, 11) is 0. The predicted octanol–water partition coefficient (Wildman–Crippen LogP) is 0.956. The summed E-state index contributed by atoms with van der Waals surface area (Å²) in [6.07, 6.45) is 5.95. The molecule has 0 aromatic rings. The van der Waals surface area contributed by atoms with Crippen LogP contribution in [0.3, 0.4) is 0 Å². The summed E-state index contributed by atoms with van der Waals surface area (Å²) in [6.45, 7) is 1.22. The lowest BCUT2D eigenvalue weighted by molar-refractivity contribution is 0.714. The normalized spacial score (nSPS) is 40.0. The van der Waals surface area contributed by atoms with E-state index < -0.39 is 0 Å². The quantitative estimate of drug-likeness (QED) is 0.483. The van der Waals surface area contributed by atoms with Gasteiger partial charge in [-0.25, -0.2) is 0 Å². The summed E-state index contributed by atoms with van der Waals surface area (Å²) in [5.74, 6) is 0.880. The Hall–Kier alpha value is -0.0100. The zero-order valence-electron chi connectivity index (χ0n) is 4.63. The maximum Gasteiger partial charge on any atom is 0.0256 e. The first kappa shape index (κ1) is 6.12. The fraction of sp³-hybridized carbons (Fsp3) is 0.667. The molecule has 1 aliphatic heterocycles. The lowest BCUT2D eigenvalue weighted by atomic mass is 10.2. The van der Waals surface area contributed by atoms with Crippen molar-refractivity contribution in [3.05, 3.63) is 12.2 Å². The Morgan fingerprint density at radius 1 is 1.38 bits per heavy atom. The molecule has 1 nitrogen and oxygen atoms in total. The van der Waals surface area contributed by atoms with E-state index in [0.29, 0.717) is 0 Å². The van der Waals surface area contributed by atoms with Crippen LogP contribution in [0.5, 0.6) is 0 Å². The van der Waals surface area contributed by atoms with Gasteiger partial charge in [0.2, 0.25) is 0 Å². The van der Waals surface area contributed by atoms with Crippen LogP contribution >= 0.6 is 12.4 Å². The molecule has 0 aromatic heterocycles. The number of nitrogens with one attached hydrogen (secondary N) is 1. The minimum Gasteiger partial charge on any atom is -0.310 e. The standard InChI is InChI=1S/C6H9N.ClH/c1-2-6-3-5(1)4-7-6;/h1-2,5-7H,3-4H2;1H/t5-,6+;/m1./s1. The first-order valence-corrected chi connectivity index (χ1v) is 2.87. The molecule has 1 heterocycles. The average Bonchev–Trinajstić information content (AvgIpc) is 2.22. The van der Waals surface area contributed by atoms with Gasteiger partial charge >= 0.3 is 0 Å². The zero-order chi connectivity index (χ0) is 4.69. The molecule has 2 heteroatoms. The van der Waals surface area contributed by atoms with E-state index in [1.165, 1.54) is 13.0 Å². The molecular formula is C6H10ClN. The highest BCUT2D eigenvalue weighted by atomic mass is 35.5. The van der Waals surface area contributed by atoms with Crippen molar-refractivity contribution in [3.8, 4) is 0 Å². The minimum atomic E-state index is 0. The van der Waals surface area contributed by atoms with E-state index in [-0.39, 0.29) is 12.4 Å². The van der Waals surface area contributed by atoms with Crippen LogP contribution in [0.25, 0.3) is 0 Å². The Balaban J connectivity index is 0.000000320. The average molecular weight is 132 g/mol. The Morgan fingerprint density at radius 3 is 2.38 bits per heavy atom. The highest BCUT2D eigenvalue weighted by molar-refractivity contribution is 5.85. The minimum absolute atomic E-state index is 0. The van der Waals surface area contributed by atoms with E-state index in [9.17, 15) is 0 Å². The van der Waals surface area contributed by atoms with Gasteiger partial charge in [-0.05, 0) is 12.3 Å². The van der Waals surface area contributed by atoms with Gasteiger partial charge in [0.25, 0.3) is 0 Å². The van der Waals surface area contributed by atoms with Crippen molar-refractivity contribution in [1.29, 1.82) is 0 Å². The van der Waals surface area contributed by atoms with Gasteiger partial charge in [-0.1, -0.05) is 12.2 Å². The molecule has 1 saturated heterocycles. The van der Waals surface area contributed by atoms with Crippen LogP contribution in [-0.4, -0.2) is 12.6 Å². The second-order valence-electron chi connectivity index (χ2n) is 2.40. The van der Waals surface area contributed by atoms with Gasteiger partial charge in [-0.2, -0.15) is 0 Å². The molecule has 0 amide bonds. The van der Waals surface area contributed by atoms with Crippen LogP contribution in [0.2, 0.25) is 0 Å². The van der Waals surface area contributed by atoms with Gasteiger partial charge in [0.1, 0.15) is 0 Å². The first-order chi connectivity index (χ1) is 3.45. The highest BCUT2D eigenvalue weighted by Crippen LogP contribution is 2.22. The van der Waals surface area contributed by atoms with Gasteiger partial charge in [0, 0.05) is 12.6 Å². The Bertz CT molecular complexity index is 99.1. The maximum absolute atomic E-state index is 3.37. The summed E-state index contributed by atoms with van der Waals surface area (Å²) < 4.78 is 0. The summed E-state index contributed by atoms with van der Waals surface area (Å²) in [6, 6.07) is 0.741. The van der Waals surface area contributed by atoms with Gasteiger partial charge in [-0.3, -0.25) is 0 Å². The largest absolute Gasteiger partial charge is 0.310 e. The molecule has 0 spiro atoms. The van der Waals surface area contributed by atoms with Gasteiger partial charge in [0.15, 0.2) is 0 Å². The van der Waals surface area contributed by atoms with Crippen LogP contribution < -0.4 is 5.32 Å². The number of fused-ring (bicyclic) bond motifs is 2. The molecule has 0 aromatic carbocycles. The fourth-order valence-corrected chi connectivity index (χ4v) is 1.38. The van der Waals surface area contributed by atoms with Gasteiger partial charge in [-0.15, -0.1) is 12.4 Å². The van der Waals surface area contributed by atoms with Crippen LogP contribution in [0.15, 0.2) is 12.2 Å². The van der Waals surface area contributed by atoms with E-state index in [1.54, 1.807) is 0 Å². The molecular weight excluding hydrogens is 122 g/mol. The van der Waals surface area contributed by atoms with Crippen molar-refractivity contribution in [2.24, 2.45) is 5.92 Å². The third-order valence-corrected chi connectivity index (χ3v) is 1.81. The van der Waals surface area contributed by atoms with Crippen molar-refractivity contribution in [1.82, 2.24) is 5.32 Å². The van der Waals surface area contributed by atoms with Crippen LogP contribution in [0.1, 0.15) is 6.42 Å². The van der Waals surface area contributed by atoms with Crippen molar-refractivity contribution in [2.45, 2.75) is 12.5 Å².